The second-order valence-corrected chi connectivity index (χ2v) is 6.43. The zero-order valence-electron chi connectivity index (χ0n) is 13.8. The van der Waals surface area contributed by atoms with E-state index in [-0.39, 0.29) is 0 Å². The molecule has 0 saturated heterocycles. The third-order valence-electron chi connectivity index (χ3n) is 4.56. The molecule has 0 spiro atoms. The van der Waals surface area contributed by atoms with E-state index in [0.717, 1.165) is 22.3 Å². The van der Waals surface area contributed by atoms with Gasteiger partial charge in [-0.1, -0.05) is 0 Å². The number of hydrogen-bond donors (Lipinski definition) is 0. The van der Waals surface area contributed by atoms with Gasteiger partial charge in [0, 0.05) is 11.8 Å². The number of fused-ring (bicyclic) bond motifs is 1. The molecule has 1 aromatic carbocycles. The van der Waals surface area contributed by atoms with Crippen LogP contribution in [0.3, 0.4) is 0 Å². The van der Waals surface area contributed by atoms with Crippen molar-refractivity contribution in [1.82, 2.24) is 14.8 Å². The average molecular weight is 331 g/mol. The number of benzene rings is 1. The van der Waals surface area contributed by atoms with Gasteiger partial charge in [-0.25, -0.2) is 4.98 Å². The van der Waals surface area contributed by atoms with Gasteiger partial charge in [-0.3, -0.25) is 4.68 Å². The Hall–Kier alpha value is -3.08. The van der Waals surface area contributed by atoms with E-state index >= 15 is 0 Å². The number of ether oxygens (including phenoxy) is 1. The largest absolute Gasteiger partial charge is 0.464 e. The molecule has 0 amide bonds. The van der Waals surface area contributed by atoms with Crippen molar-refractivity contribution in [2.45, 2.75) is 25.8 Å². The van der Waals surface area contributed by atoms with Gasteiger partial charge in [0.2, 0.25) is 5.88 Å². The van der Waals surface area contributed by atoms with Gasteiger partial charge in [-0.2, -0.15) is 5.10 Å². The molecule has 3 aromatic heterocycles. The van der Waals surface area contributed by atoms with Gasteiger partial charge in [0.05, 0.1) is 29.6 Å². The van der Waals surface area contributed by atoms with Gasteiger partial charge in [0.1, 0.15) is 11.3 Å². The van der Waals surface area contributed by atoms with Crippen molar-refractivity contribution in [2.24, 2.45) is 0 Å². The summed E-state index contributed by atoms with van der Waals surface area (Å²) in [5, 5.41) is 5.41. The van der Waals surface area contributed by atoms with Crippen molar-refractivity contribution in [1.29, 1.82) is 0 Å². The Morgan fingerprint density at radius 3 is 2.76 bits per heavy atom. The lowest BCUT2D eigenvalue weighted by molar-refractivity contribution is 0.469. The lowest BCUT2D eigenvalue weighted by Gasteiger charge is -2.09. The Morgan fingerprint density at radius 1 is 1.12 bits per heavy atom. The van der Waals surface area contributed by atoms with Crippen LogP contribution in [0.2, 0.25) is 0 Å². The molecule has 0 radical (unpaired) electrons. The van der Waals surface area contributed by atoms with Crippen LogP contribution < -0.4 is 4.74 Å². The summed E-state index contributed by atoms with van der Waals surface area (Å²) in [6, 6.07) is 12.3. The number of pyridine rings is 1. The maximum absolute atomic E-state index is 5.95. The van der Waals surface area contributed by atoms with E-state index in [1.54, 1.807) is 12.5 Å². The normalized spacial score (nSPS) is 14.1. The highest BCUT2D eigenvalue weighted by atomic mass is 16.5. The molecule has 124 valence electrons. The van der Waals surface area contributed by atoms with Crippen molar-refractivity contribution in [3.8, 4) is 22.9 Å². The Balaban J connectivity index is 1.46. The zero-order valence-corrected chi connectivity index (χ0v) is 13.8. The highest BCUT2D eigenvalue weighted by molar-refractivity contribution is 5.82. The molecular weight excluding hydrogens is 314 g/mol. The van der Waals surface area contributed by atoms with Crippen molar-refractivity contribution < 1.29 is 9.15 Å². The van der Waals surface area contributed by atoms with Crippen LogP contribution in [0.4, 0.5) is 0 Å². The maximum Gasteiger partial charge on any atom is 0.230 e. The molecule has 0 N–H and O–H groups in total. The molecule has 5 heteroatoms. The summed E-state index contributed by atoms with van der Waals surface area (Å²) in [4.78, 5) is 4.31. The number of hydrogen-bond acceptors (Lipinski definition) is 4. The SMILES string of the molecule is Cc1cnn(C2CC2)c1-c1ccc(Oc2nccc3occc23)cc1. The number of furan rings is 1. The minimum Gasteiger partial charge on any atom is -0.464 e. The number of aromatic nitrogens is 3. The molecule has 0 atom stereocenters. The van der Waals surface area contributed by atoms with Gasteiger partial charge in [0.15, 0.2) is 0 Å². The smallest absolute Gasteiger partial charge is 0.230 e. The number of aryl methyl sites for hydroxylation is 1. The van der Waals surface area contributed by atoms with Crippen molar-refractivity contribution in [3.63, 3.8) is 0 Å². The van der Waals surface area contributed by atoms with Crippen LogP contribution in [0.1, 0.15) is 24.4 Å². The Labute approximate surface area is 144 Å². The lowest BCUT2D eigenvalue weighted by atomic mass is 10.1. The summed E-state index contributed by atoms with van der Waals surface area (Å²) in [5.74, 6) is 1.30. The van der Waals surface area contributed by atoms with Crippen LogP contribution >= 0.6 is 0 Å². The molecule has 1 aliphatic carbocycles. The molecule has 0 unspecified atom stereocenters. The third-order valence-corrected chi connectivity index (χ3v) is 4.56. The first-order valence-electron chi connectivity index (χ1n) is 8.44. The predicted molar refractivity (Wildman–Crippen MR) is 94.8 cm³/mol. The third kappa shape index (κ3) is 2.48. The summed E-state index contributed by atoms with van der Waals surface area (Å²) >= 11 is 0. The Morgan fingerprint density at radius 2 is 1.96 bits per heavy atom. The standard InChI is InChI=1S/C20H17N3O2/c1-13-12-22-23(15-4-5-15)19(13)14-2-6-16(7-3-14)25-20-17-9-11-24-18(17)8-10-21-20/h2-3,6-12,15H,4-5H2,1H3. The second kappa shape index (κ2) is 5.48. The van der Waals surface area contributed by atoms with Crippen molar-refractivity contribution in [3.05, 3.63) is 60.6 Å². The van der Waals surface area contributed by atoms with Gasteiger partial charge >= 0.3 is 0 Å². The van der Waals surface area contributed by atoms with E-state index < -0.39 is 0 Å². The summed E-state index contributed by atoms with van der Waals surface area (Å²) in [6.07, 6.45) is 7.71. The molecule has 25 heavy (non-hydrogen) atoms. The van der Waals surface area contributed by atoms with Crippen molar-refractivity contribution in [2.75, 3.05) is 0 Å². The minimum atomic E-state index is 0.554. The fourth-order valence-corrected chi connectivity index (χ4v) is 3.15. The first-order valence-corrected chi connectivity index (χ1v) is 8.44. The van der Waals surface area contributed by atoms with E-state index in [1.165, 1.54) is 24.1 Å². The number of rotatable bonds is 4. The highest BCUT2D eigenvalue weighted by Gasteiger charge is 2.27. The quantitative estimate of drug-likeness (QED) is 0.520. The fourth-order valence-electron chi connectivity index (χ4n) is 3.15. The van der Waals surface area contributed by atoms with E-state index in [1.807, 2.05) is 30.5 Å². The second-order valence-electron chi connectivity index (χ2n) is 6.43. The topological polar surface area (TPSA) is 53.1 Å². The lowest BCUT2D eigenvalue weighted by Crippen LogP contribution is -1.99. The van der Waals surface area contributed by atoms with Gasteiger partial charge < -0.3 is 9.15 Å². The van der Waals surface area contributed by atoms with Crippen LogP contribution in [0.25, 0.3) is 22.2 Å². The van der Waals surface area contributed by atoms with Gasteiger partial charge in [0.25, 0.3) is 0 Å². The first-order chi connectivity index (χ1) is 12.3. The van der Waals surface area contributed by atoms with E-state index in [0.29, 0.717) is 11.9 Å². The zero-order chi connectivity index (χ0) is 16.8. The summed E-state index contributed by atoms with van der Waals surface area (Å²) in [6.45, 7) is 2.11. The first kappa shape index (κ1) is 14.3. The highest BCUT2D eigenvalue weighted by Crippen LogP contribution is 2.39. The molecule has 3 heterocycles. The van der Waals surface area contributed by atoms with Gasteiger partial charge in [-0.15, -0.1) is 0 Å². The maximum atomic E-state index is 5.95. The molecule has 0 aliphatic heterocycles. The number of nitrogens with zero attached hydrogens (tertiary/aromatic N) is 3. The predicted octanol–water partition coefficient (Wildman–Crippen LogP) is 5.13. The summed E-state index contributed by atoms with van der Waals surface area (Å²) in [7, 11) is 0. The van der Waals surface area contributed by atoms with Crippen LogP contribution in [-0.4, -0.2) is 14.8 Å². The Kier molecular flexibility index (Phi) is 3.13. The molecule has 0 bridgehead atoms. The van der Waals surface area contributed by atoms with E-state index in [4.69, 9.17) is 9.15 Å². The molecular formula is C20H17N3O2. The molecule has 1 fully saturated rings. The van der Waals surface area contributed by atoms with Crippen LogP contribution in [0.15, 0.2) is 59.5 Å². The summed E-state index contributed by atoms with van der Waals surface area (Å²) in [5.41, 5.74) is 4.32. The average Bonchev–Trinajstić information content (AvgIpc) is 3.22. The van der Waals surface area contributed by atoms with Crippen molar-refractivity contribution >= 4 is 11.0 Å². The molecule has 1 aliphatic rings. The molecule has 5 nitrogen and oxygen atoms in total. The Bertz CT molecular complexity index is 1040. The van der Waals surface area contributed by atoms with E-state index in [9.17, 15) is 0 Å². The molecule has 4 aromatic rings. The monoisotopic (exact) mass is 331 g/mol. The van der Waals surface area contributed by atoms with Crippen LogP contribution in [0.5, 0.6) is 11.6 Å². The molecule has 1 saturated carbocycles. The van der Waals surface area contributed by atoms with Crippen LogP contribution in [-0.2, 0) is 0 Å². The fraction of sp³-hybridized carbons (Fsp3) is 0.200. The van der Waals surface area contributed by atoms with Crippen LogP contribution in [0, 0.1) is 6.92 Å². The molecule has 5 rings (SSSR count). The minimum absolute atomic E-state index is 0.554. The van der Waals surface area contributed by atoms with E-state index in [2.05, 4.69) is 33.8 Å². The summed E-state index contributed by atoms with van der Waals surface area (Å²) < 4.78 is 13.5. The van der Waals surface area contributed by atoms with Gasteiger partial charge in [-0.05, 0) is 61.7 Å².